The zero-order valence-corrected chi connectivity index (χ0v) is 7.00. The third kappa shape index (κ3) is 1.62. The number of hydrogen-bond donors (Lipinski definition) is 2. The lowest BCUT2D eigenvalue weighted by Gasteiger charge is -2.04. The lowest BCUT2D eigenvalue weighted by molar-refractivity contribution is 0.112. The molecule has 0 atom stereocenters. The van der Waals surface area contributed by atoms with Crippen LogP contribution in [0.15, 0.2) is 18.2 Å². The lowest BCUT2D eigenvalue weighted by atomic mass is 10.1. The van der Waals surface area contributed by atoms with Gasteiger partial charge in [0.15, 0.2) is 0 Å². The number of rotatable bonds is 3. The highest BCUT2D eigenvalue weighted by Gasteiger charge is 1.99. The van der Waals surface area contributed by atoms with E-state index in [1.165, 1.54) is 0 Å². The maximum Gasteiger partial charge on any atom is 0.150 e. The van der Waals surface area contributed by atoms with Crippen molar-refractivity contribution in [3.63, 3.8) is 0 Å². The summed E-state index contributed by atoms with van der Waals surface area (Å²) >= 11 is 0. The second-order valence-electron chi connectivity index (χ2n) is 2.53. The van der Waals surface area contributed by atoms with Gasteiger partial charge in [-0.05, 0) is 24.1 Å². The molecule has 0 heterocycles. The smallest absolute Gasteiger partial charge is 0.150 e. The highest BCUT2D eigenvalue weighted by molar-refractivity contribution is 5.79. The molecule has 1 aromatic rings. The first-order chi connectivity index (χ1) is 5.81. The molecule has 0 fully saturated rings. The average Bonchev–Trinajstić information content (AvgIpc) is 2.16. The van der Waals surface area contributed by atoms with Crippen LogP contribution in [0.1, 0.15) is 22.8 Å². The Labute approximate surface area is 71.5 Å². The molecule has 0 aliphatic rings. The molecule has 0 aliphatic carbocycles. The van der Waals surface area contributed by atoms with Crippen molar-refractivity contribution in [1.29, 1.82) is 0 Å². The first-order valence-electron chi connectivity index (χ1n) is 3.86. The molecule has 3 nitrogen and oxygen atoms in total. The first kappa shape index (κ1) is 8.74. The Hall–Kier alpha value is -1.35. The summed E-state index contributed by atoms with van der Waals surface area (Å²) in [5, 5.41) is 0. The van der Waals surface area contributed by atoms with Crippen LogP contribution >= 0.6 is 0 Å². The molecule has 0 spiro atoms. The molecule has 1 aromatic carbocycles. The number of nitrogens with one attached hydrogen (secondary N) is 1. The summed E-state index contributed by atoms with van der Waals surface area (Å²) in [6, 6.07) is 5.50. The van der Waals surface area contributed by atoms with E-state index < -0.39 is 0 Å². The number of nitrogen functional groups attached to an aromatic ring is 1. The molecule has 12 heavy (non-hydrogen) atoms. The van der Waals surface area contributed by atoms with Gasteiger partial charge in [0.25, 0.3) is 0 Å². The number of carbonyl (C=O) groups excluding carboxylic acids is 1. The van der Waals surface area contributed by atoms with E-state index in [1.807, 2.05) is 19.1 Å². The van der Waals surface area contributed by atoms with E-state index in [4.69, 9.17) is 5.84 Å². The Morgan fingerprint density at radius 3 is 2.83 bits per heavy atom. The number of aryl methyl sites for hydroxylation is 1. The van der Waals surface area contributed by atoms with Gasteiger partial charge >= 0.3 is 0 Å². The predicted molar refractivity (Wildman–Crippen MR) is 49.0 cm³/mol. The first-order valence-corrected chi connectivity index (χ1v) is 3.86. The molecule has 64 valence electrons. The van der Waals surface area contributed by atoms with Gasteiger partial charge in [-0.15, -0.1) is 0 Å². The average molecular weight is 164 g/mol. The second-order valence-corrected chi connectivity index (χ2v) is 2.53. The Bertz CT molecular complexity index is 284. The topological polar surface area (TPSA) is 55.1 Å². The van der Waals surface area contributed by atoms with Crippen LogP contribution in [0, 0.1) is 0 Å². The molecule has 1 rings (SSSR count). The summed E-state index contributed by atoms with van der Waals surface area (Å²) < 4.78 is 0. The van der Waals surface area contributed by atoms with Gasteiger partial charge in [-0.1, -0.05) is 13.0 Å². The molecule has 0 aliphatic heterocycles. The minimum atomic E-state index is 0.702. The van der Waals surface area contributed by atoms with Crippen molar-refractivity contribution in [3.05, 3.63) is 29.3 Å². The predicted octanol–water partition coefficient (Wildman–Crippen LogP) is 1.35. The van der Waals surface area contributed by atoms with E-state index >= 15 is 0 Å². The molecule has 0 bridgehead atoms. The zero-order chi connectivity index (χ0) is 8.97. The molecule has 0 saturated heterocycles. The van der Waals surface area contributed by atoms with Crippen molar-refractivity contribution in [1.82, 2.24) is 0 Å². The fraction of sp³-hybridized carbons (Fsp3) is 0.222. The van der Waals surface area contributed by atoms with Gasteiger partial charge in [-0.25, -0.2) is 0 Å². The van der Waals surface area contributed by atoms with Gasteiger partial charge in [0.1, 0.15) is 6.29 Å². The molecule has 0 unspecified atom stereocenters. The summed E-state index contributed by atoms with van der Waals surface area (Å²) in [6.45, 7) is 2.01. The van der Waals surface area contributed by atoms with Crippen molar-refractivity contribution < 1.29 is 4.79 Å². The van der Waals surface area contributed by atoms with Gasteiger partial charge in [0.05, 0.1) is 0 Å². The van der Waals surface area contributed by atoms with Gasteiger partial charge in [0.2, 0.25) is 0 Å². The second kappa shape index (κ2) is 3.88. The van der Waals surface area contributed by atoms with E-state index in [9.17, 15) is 4.79 Å². The standard InChI is InChI=1S/C9H12N2O/c1-2-7-3-4-9(11-10)5-8(7)6-12/h3-6,11H,2,10H2,1H3. The minimum absolute atomic E-state index is 0.702. The molecule has 3 N–H and O–H groups in total. The van der Waals surface area contributed by atoms with E-state index in [1.54, 1.807) is 6.07 Å². The van der Waals surface area contributed by atoms with Crippen molar-refractivity contribution in [3.8, 4) is 0 Å². The molecule has 0 amide bonds. The van der Waals surface area contributed by atoms with Crippen LogP contribution in [0.3, 0.4) is 0 Å². The lowest BCUT2D eigenvalue weighted by Crippen LogP contribution is -2.07. The number of carbonyl (C=O) groups is 1. The quantitative estimate of drug-likeness (QED) is 0.403. The zero-order valence-electron chi connectivity index (χ0n) is 7.00. The van der Waals surface area contributed by atoms with Crippen LogP contribution in [-0.2, 0) is 6.42 Å². The SMILES string of the molecule is CCc1ccc(NN)cc1C=O. The number of benzene rings is 1. The number of aldehydes is 1. The number of anilines is 1. The van der Waals surface area contributed by atoms with E-state index in [0.717, 1.165) is 24.0 Å². The molecular formula is C9H12N2O. The third-order valence-electron chi connectivity index (χ3n) is 1.82. The van der Waals surface area contributed by atoms with Crippen LogP contribution in [0.2, 0.25) is 0 Å². The van der Waals surface area contributed by atoms with Crippen LogP contribution in [0.4, 0.5) is 5.69 Å². The van der Waals surface area contributed by atoms with Crippen LogP contribution in [0.5, 0.6) is 0 Å². The van der Waals surface area contributed by atoms with Crippen molar-refractivity contribution in [2.45, 2.75) is 13.3 Å². The fourth-order valence-electron chi connectivity index (χ4n) is 1.12. The summed E-state index contributed by atoms with van der Waals surface area (Å²) in [5.74, 6) is 5.20. The molecular weight excluding hydrogens is 152 g/mol. The summed E-state index contributed by atoms with van der Waals surface area (Å²) in [7, 11) is 0. The third-order valence-corrected chi connectivity index (χ3v) is 1.82. The van der Waals surface area contributed by atoms with Crippen molar-refractivity contribution in [2.24, 2.45) is 5.84 Å². The normalized spacial score (nSPS) is 9.50. The largest absolute Gasteiger partial charge is 0.324 e. The highest BCUT2D eigenvalue weighted by Crippen LogP contribution is 2.13. The number of hydrazine groups is 1. The molecule has 0 saturated carbocycles. The Balaban J connectivity index is 3.10. The highest BCUT2D eigenvalue weighted by atomic mass is 16.1. The Morgan fingerprint density at radius 2 is 2.33 bits per heavy atom. The van der Waals surface area contributed by atoms with Crippen LogP contribution < -0.4 is 11.3 Å². The molecule has 3 heteroatoms. The van der Waals surface area contributed by atoms with Gasteiger partial charge in [-0.3, -0.25) is 10.6 Å². The van der Waals surface area contributed by atoms with Crippen LogP contribution in [0.25, 0.3) is 0 Å². The van der Waals surface area contributed by atoms with Gasteiger partial charge in [-0.2, -0.15) is 0 Å². The summed E-state index contributed by atoms with van der Waals surface area (Å²) in [4.78, 5) is 10.6. The van der Waals surface area contributed by atoms with Crippen molar-refractivity contribution >= 4 is 12.0 Å². The Kier molecular flexibility index (Phi) is 2.82. The van der Waals surface area contributed by atoms with Gasteiger partial charge in [0, 0.05) is 11.3 Å². The maximum absolute atomic E-state index is 10.6. The molecule has 0 radical (unpaired) electrons. The van der Waals surface area contributed by atoms with E-state index in [-0.39, 0.29) is 0 Å². The number of hydrogen-bond acceptors (Lipinski definition) is 3. The number of nitrogens with two attached hydrogens (primary N) is 1. The fourth-order valence-corrected chi connectivity index (χ4v) is 1.12. The minimum Gasteiger partial charge on any atom is -0.324 e. The van der Waals surface area contributed by atoms with Crippen LogP contribution in [-0.4, -0.2) is 6.29 Å². The Morgan fingerprint density at radius 1 is 1.58 bits per heavy atom. The maximum atomic E-state index is 10.6. The monoisotopic (exact) mass is 164 g/mol. The van der Waals surface area contributed by atoms with Crippen molar-refractivity contribution in [2.75, 3.05) is 5.43 Å². The van der Waals surface area contributed by atoms with E-state index in [2.05, 4.69) is 5.43 Å². The summed E-state index contributed by atoms with van der Waals surface area (Å²) in [5.41, 5.74) is 5.00. The molecule has 0 aromatic heterocycles. The van der Waals surface area contributed by atoms with Gasteiger partial charge < -0.3 is 5.43 Å². The summed E-state index contributed by atoms with van der Waals surface area (Å²) in [6.07, 6.45) is 1.71. The van der Waals surface area contributed by atoms with E-state index in [0.29, 0.717) is 5.56 Å².